The van der Waals surface area contributed by atoms with E-state index in [-0.39, 0.29) is 49.8 Å². The topological polar surface area (TPSA) is 218 Å². The second kappa shape index (κ2) is 25.1. The Morgan fingerprint density at radius 2 is 1.00 bits per heavy atom. The third-order valence-corrected chi connectivity index (χ3v) is 10.8. The maximum absolute atomic E-state index is 13.5. The highest BCUT2D eigenvalue weighted by Crippen LogP contribution is 2.31. The van der Waals surface area contributed by atoms with Crippen LogP contribution in [0.25, 0.3) is 0 Å². The smallest absolute Gasteiger partial charge is 0.258 e. The first-order valence-electron chi connectivity index (χ1n) is 20.4. The Kier molecular flexibility index (Phi) is 19.4. The molecule has 0 saturated heterocycles. The summed E-state index contributed by atoms with van der Waals surface area (Å²) in [6.07, 6.45) is 1.14. The molecule has 5 aromatic rings. The summed E-state index contributed by atoms with van der Waals surface area (Å²) >= 11 is 30.7. The number of Topliss-reactive ketones (excluding diaryl/α,β-unsaturated/α-hetero) is 2. The zero-order valence-corrected chi connectivity index (χ0v) is 40.6. The minimum absolute atomic E-state index is 0.0804. The van der Waals surface area contributed by atoms with Gasteiger partial charge in [-0.3, -0.25) is 28.8 Å². The predicted molar refractivity (Wildman–Crippen MR) is 265 cm³/mol. The normalized spacial score (nSPS) is 12.0. The fraction of sp³-hybridized carbons (Fsp3) is 0.234. The van der Waals surface area contributed by atoms with E-state index in [1.54, 1.807) is 24.3 Å². The van der Waals surface area contributed by atoms with Crippen LogP contribution in [0.2, 0.25) is 10.0 Å². The molecule has 0 bridgehead atoms. The van der Waals surface area contributed by atoms with Crippen molar-refractivity contribution in [1.82, 2.24) is 0 Å². The van der Waals surface area contributed by atoms with Gasteiger partial charge in [0.15, 0.2) is 11.6 Å². The molecule has 0 fully saturated rings. The van der Waals surface area contributed by atoms with Gasteiger partial charge in [0.1, 0.15) is 11.5 Å². The zero-order chi connectivity index (χ0) is 49.5. The van der Waals surface area contributed by atoms with Crippen molar-refractivity contribution in [1.29, 1.82) is 0 Å². The Morgan fingerprint density at radius 3 is 1.41 bits per heavy atom. The second-order valence-electron chi connectivity index (χ2n) is 14.7. The average Bonchev–Trinajstić information content (AvgIpc) is 3.29. The SMILES string of the molecule is COc1ccc(CCCl)cc1NC(=O)c1cc(Cl)cc(N=NC(C(C)=O)C(=O)Nc2ccc(NC(=O)C(N=Nc3cc(Cl)cc(C(=O)Nc4cc(CCCl)ccc4OC)c3)C(C)=O)c(CCl)c2)c1. The number of hydrogen-bond acceptors (Lipinski definition) is 12. The summed E-state index contributed by atoms with van der Waals surface area (Å²) in [5, 5.41) is 27.1. The molecule has 5 aromatic carbocycles. The van der Waals surface area contributed by atoms with Crippen molar-refractivity contribution in [3.8, 4) is 11.5 Å². The lowest BCUT2D eigenvalue weighted by atomic mass is 10.1. The zero-order valence-electron chi connectivity index (χ0n) is 36.8. The summed E-state index contributed by atoms with van der Waals surface area (Å²) in [4.78, 5) is 78.8. The third-order valence-electron chi connectivity index (χ3n) is 9.70. The quantitative estimate of drug-likeness (QED) is 0.0314. The number of nitrogens with zero attached hydrogens (tertiary/aromatic N) is 4. The Hall–Kier alpha value is -6.43. The summed E-state index contributed by atoms with van der Waals surface area (Å²) in [6, 6.07) is 20.0. The molecular weight excluding hydrogens is 982 g/mol. The van der Waals surface area contributed by atoms with Crippen LogP contribution in [0.1, 0.15) is 51.3 Å². The van der Waals surface area contributed by atoms with Crippen LogP contribution in [0.4, 0.5) is 34.1 Å². The van der Waals surface area contributed by atoms with E-state index < -0.39 is 47.3 Å². The fourth-order valence-electron chi connectivity index (χ4n) is 6.35. The Morgan fingerprint density at radius 1 is 0.544 bits per heavy atom. The van der Waals surface area contributed by atoms with Crippen LogP contribution in [0, 0.1) is 0 Å². The van der Waals surface area contributed by atoms with Crippen LogP contribution in [-0.2, 0) is 37.9 Å². The molecule has 0 saturated carbocycles. The van der Waals surface area contributed by atoms with E-state index >= 15 is 0 Å². The molecule has 0 aromatic heterocycles. The molecular formula is C47H43Cl5N8O8. The number of aryl methyl sites for hydroxylation is 2. The summed E-state index contributed by atoms with van der Waals surface area (Å²) in [7, 11) is 2.94. The van der Waals surface area contributed by atoms with Crippen molar-refractivity contribution in [2.75, 3.05) is 47.2 Å². The van der Waals surface area contributed by atoms with Gasteiger partial charge in [-0.2, -0.15) is 20.5 Å². The van der Waals surface area contributed by atoms with E-state index in [4.69, 9.17) is 67.5 Å². The summed E-state index contributed by atoms with van der Waals surface area (Å²) in [6.45, 7) is 2.31. The van der Waals surface area contributed by atoms with E-state index in [9.17, 15) is 28.8 Å². The van der Waals surface area contributed by atoms with E-state index in [2.05, 4.69) is 41.7 Å². The molecule has 2 unspecified atom stereocenters. The maximum atomic E-state index is 13.5. The number of methoxy groups -OCH3 is 2. The van der Waals surface area contributed by atoms with Crippen molar-refractivity contribution in [3.05, 3.63) is 129 Å². The Bertz CT molecular complexity index is 2790. The number of rotatable bonds is 21. The summed E-state index contributed by atoms with van der Waals surface area (Å²) in [5.74, 6) is -2.65. The van der Waals surface area contributed by atoms with Gasteiger partial charge < -0.3 is 30.7 Å². The number of alkyl halides is 3. The number of benzene rings is 5. The number of halogens is 5. The number of nitrogens with one attached hydrogen (secondary N) is 4. The average molecular weight is 1030 g/mol. The monoisotopic (exact) mass is 1020 g/mol. The predicted octanol–water partition coefficient (Wildman–Crippen LogP) is 11.2. The molecule has 0 heterocycles. The Balaban J connectivity index is 1.26. The first-order chi connectivity index (χ1) is 32.5. The molecule has 0 aliphatic carbocycles. The molecule has 0 radical (unpaired) electrons. The number of carbonyl (C=O) groups excluding carboxylic acids is 6. The molecule has 5 rings (SSSR count). The number of amides is 4. The van der Waals surface area contributed by atoms with Gasteiger partial charge >= 0.3 is 0 Å². The molecule has 354 valence electrons. The maximum Gasteiger partial charge on any atom is 0.258 e. The van der Waals surface area contributed by atoms with Gasteiger partial charge in [0, 0.05) is 50.2 Å². The second-order valence-corrected chi connectivity index (χ2v) is 16.6. The van der Waals surface area contributed by atoms with Crippen LogP contribution >= 0.6 is 58.0 Å². The van der Waals surface area contributed by atoms with Crippen LogP contribution in [0.5, 0.6) is 11.5 Å². The minimum atomic E-state index is -1.63. The van der Waals surface area contributed by atoms with Crippen molar-refractivity contribution < 1.29 is 38.2 Å². The van der Waals surface area contributed by atoms with E-state index in [0.717, 1.165) is 25.0 Å². The van der Waals surface area contributed by atoms with Gasteiger partial charge in [-0.15, -0.1) is 34.8 Å². The molecule has 4 amide bonds. The van der Waals surface area contributed by atoms with Crippen LogP contribution in [0.3, 0.4) is 0 Å². The largest absolute Gasteiger partial charge is 0.495 e. The number of azo groups is 2. The van der Waals surface area contributed by atoms with Gasteiger partial charge in [0.2, 0.25) is 12.1 Å². The number of anilines is 4. The van der Waals surface area contributed by atoms with Gasteiger partial charge in [-0.25, -0.2) is 0 Å². The molecule has 68 heavy (non-hydrogen) atoms. The molecule has 2 atom stereocenters. The third kappa shape index (κ3) is 14.5. The lowest BCUT2D eigenvalue weighted by Crippen LogP contribution is -2.32. The van der Waals surface area contributed by atoms with Crippen molar-refractivity contribution in [2.24, 2.45) is 20.5 Å². The van der Waals surface area contributed by atoms with Gasteiger partial charge in [0.25, 0.3) is 23.6 Å². The Labute approximate surface area is 416 Å². The van der Waals surface area contributed by atoms with Crippen LogP contribution in [-0.4, -0.2) is 73.3 Å². The molecule has 21 heteroatoms. The van der Waals surface area contributed by atoms with Crippen molar-refractivity contribution in [2.45, 2.75) is 44.7 Å². The number of carbonyl (C=O) groups is 6. The fourth-order valence-corrected chi connectivity index (χ4v) is 7.47. The molecule has 4 N–H and O–H groups in total. The van der Waals surface area contributed by atoms with Crippen LogP contribution in [0.15, 0.2) is 111 Å². The standard InChI is InChI=1S/C47H43Cl5N8O8/c1-25(61)42(59-57-35-19-29(17-32(51)22-35)44(63)55-38-15-27(11-13-48)5-9-40(38)67-3)46(65)53-34-7-8-37(31(21-34)24-50)54-47(66)43(26(2)62)60-58-36-20-30(18-33(52)23-36)45(64)56-39-16-28(12-14-49)6-10-41(39)68-4/h5-10,15-23,42-43H,11-14,24H2,1-4H3,(H,53,65)(H,54,66)(H,55,63)(H,56,64). The van der Waals surface area contributed by atoms with Crippen molar-refractivity contribution >= 4 is 127 Å². The first kappa shape index (κ1) is 52.5. The minimum Gasteiger partial charge on any atom is -0.495 e. The molecule has 0 aliphatic heterocycles. The van der Waals surface area contributed by atoms with Crippen LogP contribution < -0.4 is 30.7 Å². The van der Waals surface area contributed by atoms with Gasteiger partial charge in [-0.05, 0) is 122 Å². The van der Waals surface area contributed by atoms with Gasteiger partial charge in [-0.1, -0.05) is 35.3 Å². The number of hydrogen-bond donors (Lipinski definition) is 4. The first-order valence-corrected chi connectivity index (χ1v) is 22.7. The summed E-state index contributed by atoms with van der Waals surface area (Å²) < 4.78 is 10.8. The van der Waals surface area contributed by atoms with E-state index in [1.807, 2.05) is 12.1 Å². The lowest BCUT2D eigenvalue weighted by molar-refractivity contribution is -0.127. The van der Waals surface area contributed by atoms with E-state index in [1.165, 1.54) is 68.8 Å². The molecule has 16 nitrogen and oxygen atoms in total. The number of ether oxygens (including phenoxy) is 2. The van der Waals surface area contributed by atoms with Crippen molar-refractivity contribution in [3.63, 3.8) is 0 Å². The highest BCUT2D eigenvalue weighted by Gasteiger charge is 2.26. The highest BCUT2D eigenvalue weighted by atomic mass is 35.5. The molecule has 0 spiro atoms. The summed E-state index contributed by atoms with van der Waals surface area (Å²) in [5.41, 5.74) is 3.64. The van der Waals surface area contributed by atoms with E-state index in [0.29, 0.717) is 53.0 Å². The van der Waals surface area contributed by atoms with Gasteiger partial charge in [0.05, 0.1) is 37.0 Å². The molecule has 0 aliphatic rings. The highest BCUT2D eigenvalue weighted by molar-refractivity contribution is 6.32. The lowest BCUT2D eigenvalue weighted by Gasteiger charge is -2.15. The number of ketones is 2.